The standard InChI is InChI=1S/C17H16O6/c1-8-5-10-13-15(11(8)6-18)22-7-23-16(13)12(17(19)21-4)9(2)14(10)20-3/h5-6H,7H2,1-4H3. The Labute approximate surface area is 132 Å². The summed E-state index contributed by atoms with van der Waals surface area (Å²) in [5.74, 6) is 0.757. The molecule has 120 valence electrons. The van der Waals surface area contributed by atoms with E-state index in [1.807, 2.05) is 13.0 Å². The third-order valence-electron chi connectivity index (χ3n) is 4.06. The molecule has 0 N–H and O–H groups in total. The van der Waals surface area contributed by atoms with E-state index in [4.69, 9.17) is 18.9 Å². The number of hydrogen-bond donors (Lipinski definition) is 0. The molecule has 0 amide bonds. The van der Waals surface area contributed by atoms with Crippen LogP contribution in [0.3, 0.4) is 0 Å². The summed E-state index contributed by atoms with van der Waals surface area (Å²) in [7, 11) is 2.83. The number of carbonyl (C=O) groups is 2. The van der Waals surface area contributed by atoms with Crippen LogP contribution in [0.2, 0.25) is 0 Å². The van der Waals surface area contributed by atoms with Crippen LogP contribution in [0.25, 0.3) is 10.8 Å². The molecule has 3 rings (SSSR count). The maximum atomic E-state index is 12.2. The van der Waals surface area contributed by atoms with Crippen molar-refractivity contribution in [2.24, 2.45) is 0 Å². The first kappa shape index (κ1) is 15.1. The van der Waals surface area contributed by atoms with Gasteiger partial charge in [0.15, 0.2) is 6.29 Å². The van der Waals surface area contributed by atoms with E-state index in [0.29, 0.717) is 33.8 Å². The second-order valence-electron chi connectivity index (χ2n) is 5.24. The minimum Gasteiger partial charge on any atom is -0.496 e. The SMILES string of the molecule is COC(=O)c1c(C)c(OC)c2cc(C)c(C=O)c3c2c1OCO3. The van der Waals surface area contributed by atoms with Gasteiger partial charge in [0.25, 0.3) is 0 Å². The fourth-order valence-electron chi connectivity index (χ4n) is 3.02. The molecule has 2 aromatic rings. The fourth-order valence-corrected chi connectivity index (χ4v) is 3.02. The lowest BCUT2D eigenvalue weighted by Crippen LogP contribution is -2.18. The highest BCUT2D eigenvalue weighted by Crippen LogP contribution is 2.48. The zero-order valence-corrected chi connectivity index (χ0v) is 13.3. The van der Waals surface area contributed by atoms with E-state index in [1.165, 1.54) is 14.2 Å². The third-order valence-corrected chi connectivity index (χ3v) is 4.06. The quantitative estimate of drug-likeness (QED) is 0.640. The summed E-state index contributed by atoms with van der Waals surface area (Å²) < 4.78 is 21.5. The van der Waals surface area contributed by atoms with Gasteiger partial charge in [0.2, 0.25) is 6.79 Å². The summed E-state index contributed by atoms with van der Waals surface area (Å²) in [6.07, 6.45) is 0.739. The van der Waals surface area contributed by atoms with Gasteiger partial charge in [-0.25, -0.2) is 4.79 Å². The van der Waals surface area contributed by atoms with Crippen LogP contribution in [0, 0.1) is 13.8 Å². The van der Waals surface area contributed by atoms with Crippen LogP contribution in [-0.4, -0.2) is 33.3 Å². The van der Waals surface area contributed by atoms with E-state index in [1.54, 1.807) is 6.92 Å². The van der Waals surface area contributed by atoms with Crippen molar-refractivity contribution in [1.29, 1.82) is 0 Å². The van der Waals surface area contributed by atoms with Crippen molar-refractivity contribution >= 4 is 23.0 Å². The van der Waals surface area contributed by atoms with Gasteiger partial charge in [-0.3, -0.25) is 4.79 Å². The number of carbonyl (C=O) groups excluding carboxylic acids is 2. The molecule has 0 bridgehead atoms. The van der Waals surface area contributed by atoms with Gasteiger partial charge in [-0.1, -0.05) is 0 Å². The topological polar surface area (TPSA) is 71.1 Å². The maximum Gasteiger partial charge on any atom is 0.342 e. The van der Waals surface area contributed by atoms with Crippen LogP contribution in [0.1, 0.15) is 31.8 Å². The van der Waals surface area contributed by atoms with E-state index in [0.717, 1.165) is 17.2 Å². The first-order valence-electron chi connectivity index (χ1n) is 7.02. The molecule has 23 heavy (non-hydrogen) atoms. The van der Waals surface area contributed by atoms with Gasteiger partial charge in [-0.2, -0.15) is 0 Å². The molecule has 1 heterocycles. The zero-order chi connectivity index (χ0) is 16.7. The third kappa shape index (κ3) is 2.02. The summed E-state index contributed by atoms with van der Waals surface area (Å²) in [4.78, 5) is 23.7. The number of esters is 1. The summed E-state index contributed by atoms with van der Waals surface area (Å²) in [6.45, 7) is 3.51. The predicted octanol–water partition coefficient (Wildman–Crippen LogP) is 2.79. The molecular weight excluding hydrogens is 300 g/mol. The van der Waals surface area contributed by atoms with E-state index < -0.39 is 5.97 Å². The van der Waals surface area contributed by atoms with E-state index in [9.17, 15) is 9.59 Å². The monoisotopic (exact) mass is 316 g/mol. The van der Waals surface area contributed by atoms with E-state index in [2.05, 4.69) is 0 Å². The Bertz CT molecular complexity index is 837. The van der Waals surface area contributed by atoms with Gasteiger partial charge in [-0.05, 0) is 25.5 Å². The molecule has 0 fully saturated rings. The minimum atomic E-state index is -0.529. The van der Waals surface area contributed by atoms with Gasteiger partial charge < -0.3 is 18.9 Å². The van der Waals surface area contributed by atoms with Gasteiger partial charge in [0, 0.05) is 10.9 Å². The average Bonchev–Trinajstić information content (AvgIpc) is 2.55. The van der Waals surface area contributed by atoms with Crippen LogP contribution in [0.4, 0.5) is 0 Å². The maximum absolute atomic E-state index is 12.2. The molecule has 0 saturated carbocycles. The largest absolute Gasteiger partial charge is 0.496 e. The average molecular weight is 316 g/mol. The smallest absolute Gasteiger partial charge is 0.342 e. The van der Waals surface area contributed by atoms with E-state index in [-0.39, 0.29) is 12.4 Å². The molecule has 0 unspecified atom stereocenters. The first-order valence-corrected chi connectivity index (χ1v) is 7.02. The molecule has 0 spiro atoms. The predicted molar refractivity (Wildman–Crippen MR) is 82.8 cm³/mol. The number of ether oxygens (including phenoxy) is 4. The molecular formula is C17H16O6. The van der Waals surface area contributed by atoms with Gasteiger partial charge in [0.1, 0.15) is 22.8 Å². The fraction of sp³-hybridized carbons (Fsp3) is 0.294. The Morgan fingerprint density at radius 3 is 2.52 bits per heavy atom. The number of benzene rings is 2. The summed E-state index contributed by atoms with van der Waals surface area (Å²) in [6, 6.07) is 1.83. The Hall–Kier alpha value is -2.76. The molecule has 0 atom stereocenters. The second kappa shape index (κ2) is 5.46. The molecule has 1 aliphatic heterocycles. The number of aldehydes is 1. The molecule has 1 aliphatic rings. The van der Waals surface area contributed by atoms with Crippen molar-refractivity contribution in [2.75, 3.05) is 21.0 Å². The number of hydrogen-bond acceptors (Lipinski definition) is 6. The molecule has 2 aromatic carbocycles. The highest BCUT2D eigenvalue weighted by molar-refractivity contribution is 6.11. The lowest BCUT2D eigenvalue weighted by Gasteiger charge is -2.25. The van der Waals surface area contributed by atoms with Gasteiger partial charge in [0.05, 0.1) is 25.2 Å². The van der Waals surface area contributed by atoms with Crippen LogP contribution < -0.4 is 14.2 Å². The Morgan fingerprint density at radius 1 is 1.22 bits per heavy atom. The number of aryl methyl sites for hydroxylation is 1. The minimum absolute atomic E-state index is 0.0812. The molecule has 0 radical (unpaired) electrons. The Kier molecular flexibility index (Phi) is 3.60. The van der Waals surface area contributed by atoms with Gasteiger partial charge in [-0.15, -0.1) is 0 Å². The summed E-state index contributed by atoms with van der Waals surface area (Å²) in [5, 5.41) is 1.28. The van der Waals surface area contributed by atoms with Crippen molar-refractivity contribution in [2.45, 2.75) is 13.8 Å². The summed E-state index contributed by atoms with van der Waals surface area (Å²) in [5.41, 5.74) is 2.10. The normalized spacial score (nSPS) is 12.3. The van der Waals surface area contributed by atoms with Crippen LogP contribution in [0.5, 0.6) is 17.2 Å². The highest BCUT2D eigenvalue weighted by atomic mass is 16.7. The molecule has 6 nitrogen and oxygen atoms in total. The summed E-state index contributed by atoms with van der Waals surface area (Å²) >= 11 is 0. The van der Waals surface area contributed by atoms with Crippen LogP contribution in [-0.2, 0) is 4.74 Å². The van der Waals surface area contributed by atoms with Crippen molar-refractivity contribution in [3.63, 3.8) is 0 Å². The van der Waals surface area contributed by atoms with Crippen molar-refractivity contribution < 1.29 is 28.5 Å². The van der Waals surface area contributed by atoms with Crippen molar-refractivity contribution in [3.05, 3.63) is 28.3 Å². The van der Waals surface area contributed by atoms with Crippen LogP contribution in [0.15, 0.2) is 6.07 Å². The van der Waals surface area contributed by atoms with Crippen molar-refractivity contribution in [3.8, 4) is 17.2 Å². The first-order chi connectivity index (χ1) is 11.0. The van der Waals surface area contributed by atoms with E-state index >= 15 is 0 Å². The number of methoxy groups -OCH3 is 2. The molecule has 0 aliphatic carbocycles. The molecule has 6 heteroatoms. The zero-order valence-electron chi connectivity index (χ0n) is 13.3. The van der Waals surface area contributed by atoms with Crippen LogP contribution >= 0.6 is 0 Å². The molecule has 0 aromatic heterocycles. The Balaban J connectivity index is 2.57. The lowest BCUT2D eigenvalue weighted by atomic mass is 9.93. The number of rotatable bonds is 3. The second-order valence-corrected chi connectivity index (χ2v) is 5.24. The Morgan fingerprint density at radius 2 is 1.91 bits per heavy atom. The van der Waals surface area contributed by atoms with Gasteiger partial charge >= 0.3 is 5.97 Å². The lowest BCUT2D eigenvalue weighted by molar-refractivity contribution is 0.0583. The van der Waals surface area contributed by atoms with Crippen molar-refractivity contribution in [1.82, 2.24) is 0 Å². The molecule has 0 saturated heterocycles. The highest BCUT2D eigenvalue weighted by Gasteiger charge is 2.30.